The second-order valence-corrected chi connectivity index (χ2v) is 7.05. The molecule has 1 heterocycles. The van der Waals surface area contributed by atoms with Crippen molar-refractivity contribution in [2.75, 3.05) is 26.2 Å². The van der Waals surface area contributed by atoms with Gasteiger partial charge in [-0.2, -0.15) is 0 Å². The molecule has 2 aromatic carbocycles. The highest BCUT2D eigenvalue weighted by molar-refractivity contribution is 5.31. The molecule has 0 aromatic heterocycles. The van der Waals surface area contributed by atoms with Gasteiger partial charge in [0.05, 0.1) is 12.7 Å². The smallest absolute Gasteiger partial charge is 0.108 e. The lowest BCUT2D eigenvalue weighted by atomic mass is 10.0. The predicted molar refractivity (Wildman–Crippen MR) is 102 cm³/mol. The fourth-order valence-corrected chi connectivity index (χ4v) is 3.45. The van der Waals surface area contributed by atoms with E-state index >= 15 is 0 Å². The normalized spacial score (nSPS) is 18.0. The standard InChI is InChI=1S/C22H29NO2/c1-18-10-12-20(13-11-18)22(19-8-4-2-5-9-19)25-17-21(24)16-23-14-6-3-7-15-23/h2,4-5,8-13,21-22,24H,3,6-7,14-17H2,1H3/t21-,22+/m1/s1. The molecule has 3 nitrogen and oxygen atoms in total. The zero-order chi connectivity index (χ0) is 17.5. The average Bonchev–Trinajstić information content (AvgIpc) is 2.65. The van der Waals surface area contributed by atoms with E-state index in [1.807, 2.05) is 18.2 Å². The largest absolute Gasteiger partial charge is 0.389 e. The second-order valence-electron chi connectivity index (χ2n) is 7.05. The first-order valence-corrected chi connectivity index (χ1v) is 9.36. The number of likely N-dealkylation sites (tertiary alicyclic amines) is 1. The van der Waals surface area contributed by atoms with Crippen LogP contribution in [0.15, 0.2) is 54.6 Å². The summed E-state index contributed by atoms with van der Waals surface area (Å²) in [4.78, 5) is 2.35. The Morgan fingerprint density at radius 3 is 2.24 bits per heavy atom. The van der Waals surface area contributed by atoms with Gasteiger partial charge in [0.1, 0.15) is 6.10 Å². The molecule has 3 rings (SSSR count). The Morgan fingerprint density at radius 2 is 1.56 bits per heavy atom. The highest BCUT2D eigenvalue weighted by atomic mass is 16.5. The predicted octanol–water partition coefficient (Wildman–Crippen LogP) is 3.95. The van der Waals surface area contributed by atoms with Gasteiger partial charge in [-0.15, -0.1) is 0 Å². The molecule has 1 fully saturated rings. The number of nitrogens with zero attached hydrogens (tertiary/aromatic N) is 1. The summed E-state index contributed by atoms with van der Waals surface area (Å²) in [6, 6.07) is 18.7. The van der Waals surface area contributed by atoms with E-state index in [0.29, 0.717) is 13.2 Å². The van der Waals surface area contributed by atoms with E-state index in [0.717, 1.165) is 24.2 Å². The Kier molecular flexibility index (Phi) is 6.62. The van der Waals surface area contributed by atoms with Crippen LogP contribution >= 0.6 is 0 Å². The SMILES string of the molecule is Cc1ccc([C@@H](OC[C@H](O)CN2CCCCC2)c2ccccc2)cc1. The van der Waals surface area contributed by atoms with Crippen LogP contribution in [0.2, 0.25) is 0 Å². The molecule has 0 aliphatic carbocycles. The van der Waals surface area contributed by atoms with Crippen molar-refractivity contribution in [3.8, 4) is 0 Å². The topological polar surface area (TPSA) is 32.7 Å². The Hall–Kier alpha value is -1.68. The van der Waals surface area contributed by atoms with Crippen LogP contribution in [0.3, 0.4) is 0 Å². The van der Waals surface area contributed by atoms with Gasteiger partial charge in [-0.3, -0.25) is 0 Å². The van der Waals surface area contributed by atoms with E-state index in [1.54, 1.807) is 0 Å². The molecular weight excluding hydrogens is 310 g/mol. The first-order valence-electron chi connectivity index (χ1n) is 9.36. The number of rotatable bonds is 7. The molecule has 0 amide bonds. The zero-order valence-corrected chi connectivity index (χ0v) is 15.1. The molecule has 0 saturated carbocycles. The summed E-state index contributed by atoms with van der Waals surface area (Å²) < 4.78 is 6.18. The third-order valence-electron chi connectivity index (χ3n) is 4.86. The summed E-state index contributed by atoms with van der Waals surface area (Å²) in [6.07, 6.45) is 3.20. The van der Waals surface area contributed by atoms with Gasteiger partial charge in [-0.1, -0.05) is 66.6 Å². The van der Waals surface area contributed by atoms with Crippen LogP contribution in [0.25, 0.3) is 0 Å². The van der Waals surface area contributed by atoms with E-state index in [1.165, 1.54) is 24.8 Å². The molecule has 1 saturated heterocycles. The number of ether oxygens (including phenoxy) is 1. The molecule has 134 valence electrons. The van der Waals surface area contributed by atoms with Gasteiger partial charge in [0.25, 0.3) is 0 Å². The van der Waals surface area contributed by atoms with Gasteiger partial charge in [0.2, 0.25) is 0 Å². The molecule has 25 heavy (non-hydrogen) atoms. The van der Waals surface area contributed by atoms with Crippen molar-refractivity contribution in [3.63, 3.8) is 0 Å². The van der Waals surface area contributed by atoms with Crippen LogP contribution in [0, 0.1) is 6.92 Å². The van der Waals surface area contributed by atoms with Crippen molar-refractivity contribution in [1.29, 1.82) is 0 Å². The van der Waals surface area contributed by atoms with E-state index in [-0.39, 0.29) is 6.10 Å². The van der Waals surface area contributed by atoms with Crippen molar-refractivity contribution >= 4 is 0 Å². The maximum Gasteiger partial charge on any atom is 0.108 e. The minimum absolute atomic E-state index is 0.141. The molecule has 2 atom stereocenters. The molecule has 3 heteroatoms. The van der Waals surface area contributed by atoms with E-state index in [9.17, 15) is 5.11 Å². The number of aliphatic hydroxyl groups is 1. The van der Waals surface area contributed by atoms with Gasteiger partial charge < -0.3 is 14.7 Å². The third-order valence-corrected chi connectivity index (χ3v) is 4.86. The van der Waals surface area contributed by atoms with Crippen molar-refractivity contribution in [1.82, 2.24) is 4.90 Å². The van der Waals surface area contributed by atoms with Crippen molar-refractivity contribution < 1.29 is 9.84 Å². The average molecular weight is 339 g/mol. The summed E-state index contributed by atoms with van der Waals surface area (Å²) in [6.45, 7) is 5.33. The highest BCUT2D eigenvalue weighted by Crippen LogP contribution is 2.26. The first-order chi connectivity index (χ1) is 12.2. The van der Waals surface area contributed by atoms with Crippen LogP contribution in [0.5, 0.6) is 0 Å². The fourth-order valence-electron chi connectivity index (χ4n) is 3.45. The summed E-state index contributed by atoms with van der Waals surface area (Å²) in [7, 11) is 0. The molecule has 0 spiro atoms. The highest BCUT2D eigenvalue weighted by Gasteiger charge is 2.19. The fraction of sp³-hybridized carbons (Fsp3) is 0.455. The molecule has 1 aliphatic rings. The van der Waals surface area contributed by atoms with E-state index in [2.05, 4.69) is 48.2 Å². The second kappa shape index (κ2) is 9.14. The van der Waals surface area contributed by atoms with Crippen LogP contribution in [0.4, 0.5) is 0 Å². The molecule has 0 unspecified atom stereocenters. The zero-order valence-electron chi connectivity index (χ0n) is 15.1. The molecule has 2 aromatic rings. The van der Waals surface area contributed by atoms with Gasteiger partial charge in [-0.25, -0.2) is 0 Å². The number of hydrogen-bond acceptors (Lipinski definition) is 3. The molecule has 1 aliphatic heterocycles. The number of hydrogen-bond donors (Lipinski definition) is 1. The third kappa shape index (κ3) is 5.40. The number of aliphatic hydroxyl groups excluding tert-OH is 1. The quantitative estimate of drug-likeness (QED) is 0.829. The lowest BCUT2D eigenvalue weighted by molar-refractivity contribution is -0.0104. The van der Waals surface area contributed by atoms with E-state index < -0.39 is 6.10 Å². The lowest BCUT2D eigenvalue weighted by Gasteiger charge is -2.29. The van der Waals surface area contributed by atoms with E-state index in [4.69, 9.17) is 4.74 Å². The minimum Gasteiger partial charge on any atom is -0.389 e. The lowest BCUT2D eigenvalue weighted by Crippen LogP contribution is -2.38. The van der Waals surface area contributed by atoms with Gasteiger partial charge in [-0.05, 0) is 44.0 Å². The molecule has 0 bridgehead atoms. The van der Waals surface area contributed by atoms with Gasteiger partial charge >= 0.3 is 0 Å². The Labute approximate surface area is 151 Å². The Morgan fingerprint density at radius 1 is 0.920 bits per heavy atom. The maximum absolute atomic E-state index is 10.4. The Bertz CT molecular complexity index is 620. The van der Waals surface area contributed by atoms with Crippen molar-refractivity contribution in [2.24, 2.45) is 0 Å². The maximum atomic E-state index is 10.4. The number of aryl methyl sites for hydroxylation is 1. The number of β-amino-alcohol motifs (C(OH)–C–C–N with tert-alkyl or cyclic N) is 1. The monoisotopic (exact) mass is 339 g/mol. The van der Waals surface area contributed by atoms with Crippen LogP contribution in [0.1, 0.15) is 42.1 Å². The summed E-state index contributed by atoms with van der Waals surface area (Å²) in [5.74, 6) is 0. The molecule has 1 N–H and O–H groups in total. The van der Waals surface area contributed by atoms with Crippen LogP contribution < -0.4 is 0 Å². The van der Waals surface area contributed by atoms with Crippen LogP contribution in [-0.2, 0) is 4.74 Å². The number of piperidine rings is 1. The van der Waals surface area contributed by atoms with Crippen molar-refractivity contribution in [2.45, 2.75) is 38.4 Å². The summed E-state index contributed by atoms with van der Waals surface area (Å²) in [5.41, 5.74) is 3.49. The van der Waals surface area contributed by atoms with Gasteiger partial charge in [0, 0.05) is 6.54 Å². The molecule has 0 radical (unpaired) electrons. The summed E-state index contributed by atoms with van der Waals surface area (Å²) >= 11 is 0. The first kappa shape index (κ1) is 18.1. The van der Waals surface area contributed by atoms with Gasteiger partial charge in [0.15, 0.2) is 0 Å². The molecular formula is C22H29NO2. The Balaban J connectivity index is 1.64. The van der Waals surface area contributed by atoms with Crippen molar-refractivity contribution in [3.05, 3.63) is 71.3 Å². The number of benzene rings is 2. The minimum atomic E-state index is -0.449. The van der Waals surface area contributed by atoms with Crippen LogP contribution in [-0.4, -0.2) is 42.4 Å². The summed E-state index contributed by atoms with van der Waals surface area (Å²) in [5, 5.41) is 10.4.